The van der Waals surface area contributed by atoms with E-state index in [1.807, 2.05) is 25.8 Å². The first-order valence-corrected chi connectivity index (χ1v) is 7.76. The summed E-state index contributed by atoms with van der Waals surface area (Å²) in [6.07, 6.45) is 1.88. The first kappa shape index (κ1) is 17.4. The van der Waals surface area contributed by atoms with Crippen LogP contribution >= 0.6 is 11.6 Å². The maximum absolute atomic E-state index is 14.2. The monoisotopic (exact) mass is 336 g/mol. The lowest BCUT2D eigenvalue weighted by molar-refractivity contribution is 0.551. The highest BCUT2D eigenvalue weighted by molar-refractivity contribution is 6.30. The zero-order valence-electron chi connectivity index (χ0n) is 13.4. The van der Waals surface area contributed by atoms with Gasteiger partial charge in [0.25, 0.3) is 0 Å². The number of aryl methyl sites for hydroxylation is 1. The minimum Gasteiger partial charge on any atom is -0.366 e. The molecule has 0 spiro atoms. The third kappa shape index (κ3) is 4.29. The zero-order valence-corrected chi connectivity index (χ0v) is 14.2. The Kier molecular flexibility index (Phi) is 5.72. The molecule has 0 aromatic heterocycles. The van der Waals surface area contributed by atoms with E-state index < -0.39 is 11.6 Å². The summed E-state index contributed by atoms with van der Waals surface area (Å²) in [7, 11) is 1.87. The lowest BCUT2D eigenvalue weighted by Crippen LogP contribution is -2.14. The van der Waals surface area contributed by atoms with Gasteiger partial charge in [0.1, 0.15) is 17.3 Å². The van der Waals surface area contributed by atoms with Gasteiger partial charge in [0.05, 0.1) is 11.4 Å². The number of rotatable bonds is 5. The van der Waals surface area contributed by atoms with Crippen LogP contribution < -0.4 is 0 Å². The minimum absolute atomic E-state index is 0.0736. The van der Waals surface area contributed by atoms with Crippen molar-refractivity contribution in [3.63, 3.8) is 0 Å². The van der Waals surface area contributed by atoms with Crippen molar-refractivity contribution in [2.24, 2.45) is 4.99 Å². The summed E-state index contributed by atoms with van der Waals surface area (Å²) in [5.74, 6) is -0.880. The molecule has 0 heterocycles. The van der Waals surface area contributed by atoms with E-state index >= 15 is 0 Å². The molecule has 0 bridgehead atoms. The summed E-state index contributed by atoms with van der Waals surface area (Å²) < 4.78 is 28.2. The first-order chi connectivity index (χ1) is 10.9. The molecule has 0 fully saturated rings. The summed E-state index contributed by atoms with van der Waals surface area (Å²) in [6, 6.07) is 7.92. The second-order valence-electron chi connectivity index (χ2n) is 5.44. The molecule has 0 amide bonds. The Morgan fingerprint density at radius 3 is 2.65 bits per heavy atom. The van der Waals surface area contributed by atoms with Gasteiger partial charge in [0.15, 0.2) is 0 Å². The van der Waals surface area contributed by atoms with Crippen molar-refractivity contribution >= 4 is 23.6 Å². The van der Waals surface area contributed by atoms with E-state index in [9.17, 15) is 8.78 Å². The van der Waals surface area contributed by atoms with Gasteiger partial charge in [0.2, 0.25) is 0 Å². The fraction of sp³-hybridized carbons (Fsp3) is 0.278. The van der Waals surface area contributed by atoms with Crippen LogP contribution in [0.3, 0.4) is 0 Å². The average molecular weight is 337 g/mol. The standard InChI is InChI=1S/C18H19ClF2N2/c1-4-23(3)11-22-17-8-12(2)14(10-16(17)20)9-13-6-5-7-15(19)18(13)21/h5-8,10-11H,4,9H2,1-3H3. The predicted molar refractivity (Wildman–Crippen MR) is 91.8 cm³/mol. The van der Waals surface area contributed by atoms with Gasteiger partial charge in [-0.3, -0.25) is 0 Å². The van der Waals surface area contributed by atoms with Gasteiger partial charge >= 0.3 is 0 Å². The summed E-state index contributed by atoms with van der Waals surface area (Å²) >= 11 is 5.79. The lowest BCUT2D eigenvalue weighted by Gasteiger charge is -2.11. The van der Waals surface area contributed by atoms with Gasteiger partial charge in [-0.15, -0.1) is 0 Å². The van der Waals surface area contributed by atoms with Gasteiger partial charge in [-0.25, -0.2) is 13.8 Å². The van der Waals surface area contributed by atoms with Crippen molar-refractivity contribution in [2.45, 2.75) is 20.3 Å². The molecule has 0 N–H and O–H groups in total. The van der Waals surface area contributed by atoms with Gasteiger partial charge < -0.3 is 4.90 Å². The molecule has 122 valence electrons. The van der Waals surface area contributed by atoms with Crippen molar-refractivity contribution in [3.05, 3.63) is 63.7 Å². The fourth-order valence-corrected chi connectivity index (χ4v) is 2.32. The Hall–Kier alpha value is -1.94. The minimum atomic E-state index is -0.458. The molecule has 2 aromatic rings. The Bertz CT molecular complexity index is 729. The van der Waals surface area contributed by atoms with Gasteiger partial charge in [-0.05, 0) is 48.7 Å². The summed E-state index contributed by atoms with van der Waals surface area (Å²) in [5, 5.41) is 0.0736. The first-order valence-electron chi connectivity index (χ1n) is 7.38. The van der Waals surface area contributed by atoms with Crippen LogP contribution in [-0.2, 0) is 6.42 Å². The van der Waals surface area contributed by atoms with E-state index in [0.717, 1.165) is 12.1 Å². The molecule has 0 unspecified atom stereocenters. The molecule has 2 nitrogen and oxygen atoms in total. The fourth-order valence-electron chi connectivity index (χ4n) is 2.13. The number of hydrogen-bond acceptors (Lipinski definition) is 1. The van der Waals surface area contributed by atoms with Crippen LogP contribution in [0.2, 0.25) is 5.02 Å². The zero-order chi connectivity index (χ0) is 17.0. The Morgan fingerprint density at radius 1 is 1.22 bits per heavy atom. The molecule has 0 aliphatic carbocycles. The Labute approximate surface area is 140 Å². The number of benzene rings is 2. The van der Waals surface area contributed by atoms with Crippen LogP contribution in [-0.4, -0.2) is 24.8 Å². The summed E-state index contributed by atoms with van der Waals surface area (Å²) in [4.78, 5) is 6.00. The summed E-state index contributed by atoms with van der Waals surface area (Å²) in [6.45, 7) is 4.63. The second-order valence-corrected chi connectivity index (χ2v) is 5.84. The van der Waals surface area contributed by atoms with E-state index in [2.05, 4.69) is 4.99 Å². The largest absolute Gasteiger partial charge is 0.366 e. The number of nitrogens with zero attached hydrogens (tertiary/aromatic N) is 2. The Balaban J connectivity index is 2.30. The normalized spacial score (nSPS) is 11.2. The van der Waals surface area contributed by atoms with E-state index in [-0.39, 0.29) is 17.1 Å². The molecule has 2 rings (SSSR count). The predicted octanol–water partition coefficient (Wildman–Crippen LogP) is 5.13. The van der Waals surface area contributed by atoms with Crippen molar-refractivity contribution in [1.29, 1.82) is 0 Å². The van der Waals surface area contributed by atoms with Crippen LogP contribution in [0.5, 0.6) is 0 Å². The number of hydrogen-bond donors (Lipinski definition) is 0. The molecule has 2 aromatic carbocycles. The average Bonchev–Trinajstić information content (AvgIpc) is 2.53. The molecule has 0 saturated heterocycles. The van der Waals surface area contributed by atoms with Crippen LogP contribution in [0, 0.1) is 18.6 Å². The third-order valence-electron chi connectivity index (χ3n) is 3.71. The number of halogens is 3. The van der Waals surface area contributed by atoms with Crippen LogP contribution in [0.15, 0.2) is 35.3 Å². The molecule has 0 atom stereocenters. The molecule has 0 aliphatic heterocycles. The van der Waals surface area contributed by atoms with E-state index in [1.165, 1.54) is 12.1 Å². The van der Waals surface area contributed by atoms with Crippen molar-refractivity contribution in [1.82, 2.24) is 4.90 Å². The topological polar surface area (TPSA) is 15.6 Å². The number of aliphatic imine (C=N–C) groups is 1. The maximum Gasteiger partial charge on any atom is 0.149 e. The van der Waals surface area contributed by atoms with Crippen molar-refractivity contribution in [2.75, 3.05) is 13.6 Å². The van der Waals surface area contributed by atoms with E-state index in [1.54, 1.807) is 24.5 Å². The molecular weight excluding hydrogens is 318 g/mol. The quantitative estimate of drug-likeness (QED) is 0.546. The SMILES string of the molecule is CCN(C)C=Nc1cc(C)c(Cc2cccc(Cl)c2F)cc1F. The molecule has 0 aliphatic rings. The highest BCUT2D eigenvalue weighted by atomic mass is 35.5. The third-order valence-corrected chi connectivity index (χ3v) is 4.00. The maximum atomic E-state index is 14.2. The highest BCUT2D eigenvalue weighted by Gasteiger charge is 2.11. The molecular formula is C18H19ClF2N2. The Morgan fingerprint density at radius 2 is 1.96 bits per heavy atom. The molecule has 0 saturated carbocycles. The van der Waals surface area contributed by atoms with Crippen molar-refractivity contribution in [3.8, 4) is 0 Å². The van der Waals surface area contributed by atoms with Crippen LogP contribution in [0.1, 0.15) is 23.6 Å². The van der Waals surface area contributed by atoms with E-state index in [0.29, 0.717) is 11.1 Å². The molecule has 23 heavy (non-hydrogen) atoms. The second kappa shape index (κ2) is 7.55. The van der Waals surface area contributed by atoms with Crippen LogP contribution in [0.25, 0.3) is 0 Å². The summed E-state index contributed by atoms with van der Waals surface area (Å²) in [5.41, 5.74) is 2.30. The smallest absolute Gasteiger partial charge is 0.149 e. The molecule has 0 radical (unpaired) electrons. The van der Waals surface area contributed by atoms with E-state index in [4.69, 9.17) is 11.6 Å². The highest BCUT2D eigenvalue weighted by Crippen LogP contribution is 2.26. The van der Waals surface area contributed by atoms with Gasteiger partial charge in [-0.1, -0.05) is 23.7 Å². The van der Waals surface area contributed by atoms with Crippen LogP contribution in [0.4, 0.5) is 14.5 Å². The van der Waals surface area contributed by atoms with Gasteiger partial charge in [0, 0.05) is 20.0 Å². The molecule has 5 heteroatoms. The van der Waals surface area contributed by atoms with Crippen molar-refractivity contribution < 1.29 is 8.78 Å². The van der Waals surface area contributed by atoms with Gasteiger partial charge in [-0.2, -0.15) is 0 Å². The lowest BCUT2D eigenvalue weighted by atomic mass is 9.99.